The second-order valence-corrected chi connectivity index (χ2v) is 7.10. The zero-order valence-corrected chi connectivity index (χ0v) is 17.9. The average molecular weight is 456 g/mol. The summed E-state index contributed by atoms with van der Waals surface area (Å²) in [7, 11) is 1.88. The van der Waals surface area contributed by atoms with Crippen molar-refractivity contribution in [2.24, 2.45) is 4.99 Å². The Bertz CT molecular complexity index is 515. The molecule has 0 radical (unpaired) electrons. The van der Waals surface area contributed by atoms with Gasteiger partial charge in [-0.1, -0.05) is 37.1 Å². The van der Waals surface area contributed by atoms with Crippen LogP contribution >= 0.6 is 24.0 Å². The van der Waals surface area contributed by atoms with Crippen LogP contribution in [0.1, 0.15) is 49.7 Å². The number of nitrogens with zero attached hydrogens (tertiary/aromatic N) is 3. The molecule has 25 heavy (non-hydrogen) atoms. The predicted molar refractivity (Wildman–Crippen MR) is 117 cm³/mol. The summed E-state index contributed by atoms with van der Waals surface area (Å²) < 4.78 is 0. The minimum absolute atomic E-state index is 0. The Morgan fingerprint density at radius 2 is 1.44 bits per heavy atom. The lowest BCUT2D eigenvalue weighted by atomic mass is 10.1. The van der Waals surface area contributed by atoms with E-state index in [-0.39, 0.29) is 24.0 Å². The van der Waals surface area contributed by atoms with Gasteiger partial charge in [-0.2, -0.15) is 0 Å². The van der Waals surface area contributed by atoms with E-state index in [1.54, 1.807) is 0 Å². The molecule has 1 aromatic carbocycles. The second kappa shape index (κ2) is 11.0. The number of hydrogen-bond acceptors (Lipinski definition) is 2. The van der Waals surface area contributed by atoms with Crippen molar-refractivity contribution in [3.05, 3.63) is 35.4 Å². The first-order valence-corrected chi connectivity index (χ1v) is 9.61. The van der Waals surface area contributed by atoms with Gasteiger partial charge in [-0.15, -0.1) is 24.0 Å². The third kappa shape index (κ3) is 6.44. The normalized spacial score (nSPS) is 19.4. The third-order valence-electron chi connectivity index (χ3n) is 5.20. The van der Waals surface area contributed by atoms with Crippen molar-refractivity contribution < 1.29 is 0 Å². The van der Waals surface area contributed by atoms with E-state index in [1.165, 1.54) is 62.7 Å². The van der Waals surface area contributed by atoms with Crippen molar-refractivity contribution in [3.63, 3.8) is 0 Å². The average Bonchev–Trinajstić information content (AvgIpc) is 3.02. The van der Waals surface area contributed by atoms with Crippen LogP contribution in [0.2, 0.25) is 0 Å². The van der Waals surface area contributed by atoms with Crippen LogP contribution in [-0.2, 0) is 13.1 Å². The molecule has 0 spiro atoms. The maximum atomic E-state index is 4.41. The fraction of sp³-hybridized carbons (Fsp3) is 0.650. The lowest BCUT2D eigenvalue weighted by Gasteiger charge is -2.21. The minimum Gasteiger partial charge on any atom is -0.352 e. The zero-order valence-electron chi connectivity index (χ0n) is 15.5. The number of guanidine groups is 1. The van der Waals surface area contributed by atoms with Crippen molar-refractivity contribution in [1.82, 2.24) is 15.1 Å². The van der Waals surface area contributed by atoms with Gasteiger partial charge in [0.1, 0.15) is 0 Å². The van der Waals surface area contributed by atoms with E-state index in [0.717, 1.165) is 32.1 Å². The summed E-state index contributed by atoms with van der Waals surface area (Å²) in [5.74, 6) is 1.04. The number of hydrogen-bond donors (Lipinski definition) is 1. The smallest absolute Gasteiger partial charge is 0.193 e. The predicted octanol–water partition coefficient (Wildman–Crippen LogP) is 3.85. The molecule has 140 valence electrons. The highest BCUT2D eigenvalue weighted by atomic mass is 127. The van der Waals surface area contributed by atoms with Crippen LogP contribution < -0.4 is 5.32 Å². The lowest BCUT2D eigenvalue weighted by molar-refractivity contribution is 0.277. The Balaban J connectivity index is 0.00000225. The van der Waals surface area contributed by atoms with Gasteiger partial charge in [-0.05, 0) is 49.9 Å². The van der Waals surface area contributed by atoms with E-state index >= 15 is 0 Å². The molecule has 0 unspecified atom stereocenters. The van der Waals surface area contributed by atoms with Crippen molar-refractivity contribution >= 4 is 29.9 Å². The highest BCUT2D eigenvalue weighted by Gasteiger charge is 2.15. The van der Waals surface area contributed by atoms with Crippen LogP contribution in [0.15, 0.2) is 29.3 Å². The Labute approximate surface area is 170 Å². The van der Waals surface area contributed by atoms with Crippen molar-refractivity contribution in [3.8, 4) is 0 Å². The van der Waals surface area contributed by atoms with Crippen LogP contribution in [0.4, 0.5) is 0 Å². The van der Waals surface area contributed by atoms with Gasteiger partial charge in [0, 0.05) is 33.2 Å². The summed E-state index contributed by atoms with van der Waals surface area (Å²) >= 11 is 0. The molecule has 3 rings (SSSR count). The summed E-state index contributed by atoms with van der Waals surface area (Å²) in [6.07, 6.45) is 8.09. The van der Waals surface area contributed by atoms with E-state index in [4.69, 9.17) is 0 Å². The highest BCUT2D eigenvalue weighted by Crippen LogP contribution is 2.14. The van der Waals surface area contributed by atoms with E-state index in [2.05, 4.69) is 44.4 Å². The monoisotopic (exact) mass is 456 g/mol. The molecule has 5 heteroatoms. The highest BCUT2D eigenvalue weighted by molar-refractivity contribution is 14.0. The van der Waals surface area contributed by atoms with Gasteiger partial charge in [0.25, 0.3) is 0 Å². The quantitative estimate of drug-likeness (QED) is 0.424. The molecule has 2 heterocycles. The van der Waals surface area contributed by atoms with E-state index < -0.39 is 0 Å². The summed E-state index contributed by atoms with van der Waals surface area (Å²) in [4.78, 5) is 9.38. The number of halogens is 1. The Kier molecular flexibility index (Phi) is 9.03. The lowest BCUT2D eigenvalue weighted by Crippen LogP contribution is -2.39. The number of rotatable bonds is 4. The topological polar surface area (TPSA) is 30.9 Å². The van der Waals surface area contributed by atoms with Gasteiger partial charge < -0.3 is 10.2 Å². The van der Waals surface area contributed by atoms with Gasteiger partial charge in [0.15, 0.2) is 5.96 Å². The van der Waals surface area contributed by atoms with Crippen LogP contribution in [-0.4, -0.2) is 49.0 Å². The summed E-state index contributed by atoms with van der Waals surface area (Å²) in [6, 6.07) is 9.11. The first-order valence-electron chi connectivity index (χ1n) is 9.61. The number of nitrogens with one attached hydrogen (secondary N) is 1. The molecule has 2 saturated heterocycles. The molecule has 2 aliphatic heterocycles. The van der Waals surface area contributed by atoms with Gasteiger partial charge in [-0.25, -0.2) is 0 Å². The molecule has 0 aliphatic carbocycles. The van der Waals surface area contributed by atoms with Crippen LogP contribution in [0, 0.1) is 0 Å². The maximum Gasteiger partial charge on any atom is 0.193 e. The molecule has 0 aromatic heterocycles. The molecule has 0 amide bonds. The van der Waals surface area contributed by atoms with Gasteiger partial charge in [-0.3, -0.25) is 9.89 Å². The molecule has 1 N–H and O–H groups in total. The molecule has 4 nitrogen and oxygen atoms in total. The number of aliphatic imine (C=N–C) groups is 1. The molecule has 0 atom stereocenters. The fourth-order valence-electron chi connectivity index (χ4n) is 3.76. The molecule has 0 saturated carbocycles. The van der Waals surface area contributed by atoms with Crippen molar-refractivity contribution in [1.29, 1.82) is 0 Å². The van der Waals surface area contributed by atoms with Crippen molar-refractivity contribution in [2.45, 2.75) is 51.6 Å². The zero-order chi connectivity index (χ0) is 16.6. The summed E-state index contributed by atoms with van der Waals surface area (Å²) in [6.45, 7) is 6.74. The van der Waals surface area contributed by atoms with E-state index in [0.29, 0.717) is 0 Å². The standard InChI is InChI=1S/C20H32N4.HI/c1-21-20(24-14-6-7-15-24)22-16-18-8-10-19(11-9-18)17-23-12-4-2-3-5-13-23;/h8-11H,2-7,12-17H2,1H3,(H,21,22);1H. The van der Waals surface area contributed by atoms with Gasteiger partial charge in [0.2, 0.25) is 0 Å². The van der Waals surface area contributed by atoms with Crippen molar-refractivity contribution in [2.75, 3.05) is 33.2 Å². The largest absolute Gasteiger partial charge is 0.352 e. The molecule has 1 aromatic rings. The molecule has 0 bridgehead atoms. The molecule has 2 aliphatic rings. The Hall–Kier alpha value is -0.820. The Morgan fingerprint density at radius 3 is 2.04 bits per heavy atom. The summed E-state index contributed by atoms with van der Waals surface area (Å²) in [5.41, 5.74) is 2.76. The SMILES string of the molecule is CN=C(NCc1ccc(CN2CCCCCC2)cc1)N1CCCC1.I. The molecular weight excluding hydrogens is 423 g/mol. The molecular formula is C20H33IN4. The number of likely N-dealkylation sites (tertiary alicyclic amines) is 2. The maximum absolute atomic E-state index is 4.41. The number of benzene rings is 1. The van der Waals surface area contributed by atoms with E-state index in [1.807, 2.05) is 7.05 Å². The molecule has 2 fully saturated rings. The van der Waals surface area contributed by atoms with Gasteiger partial charge >= 0.3 is 0 Å². The first kappa shape index (κ1) is 20.5. The fourth-order valence-corrected chi connectivity index (χ4v) is 3.76. The van der Waals surface area contributed by atoms with Crippen LogP contribution in [0.25, 0.3) is 0 Å². The Morgan fingerprint density at radius 1 is 0.880 bits per heavy atom. The van der Waals surface area contributed by atoms with Crippen LogP contribution in [0.5, 0.6) is 0 Å². The van der Waals surface area contributed by atoms with Crippen LogP contribution in [0.3, 0.4) is 0 Å². The summed E-state index contributed by atoms with van der Waals surface area (Å²) in [5, 5.41) is 3.50. The minimum atomic E-state index is 0. The van der Waals surface area contributed by atoms with Gasteiger partial charge in [0.05, 0.1) is 0 Å². The second-order valence-electron chi connectivity index (χ2n) is 7.10. The van der Waals surface area contributed by atoms with E-state index in [9.17, 15) is 0 Å². The first-order chi connectivity index (χ1) is 11.8. The third-order valence-corrected chi connectivity index (χ3v) is 5.20.